The molecule has 0 aromatic heterocycles. The van der Waals surface area contributed by atoms with E-state index in [-0.39, 0.29) is 12.7 Å². The van der Waals surface area contributed by atoms with E-state index in [1.807, 2.05) is 13.8 Å². The molecule has 0 aromatic rings. The largest absolute Gasteiger partial charge is 0.396 e. The molecule has 0 fully saturated rings. The fourth-order valence-electron chi connectivity index (χ4n) is 1.71. The predicted octanol–water partition coefficient (Wildman–Crippen LogP) is 0.787. The van der Waals surface area contributed by atoms with Gasteiger partial charge in [-0.3, -0.25) is 0 Å². The number of aliphatic hydroxyl groups is 2. The summed E-state index contributed by atoms with van der Waals surface area (Å²) in [5.41, 5.74) is 0. The van der Waals surface area contributed by atoms with E-state index in [9.17, 15) is 5.11 Å². The highest BCUT2D eigenvalue weighted by molar-refractivity contribution is 4.64. The van der Waals surface area contributed by atoms with Crippen LogP contribution in [0.1, 0.15) is 33.6 Å². The third-order valence-electron chi connectivity index (χ3n) is 2.92. The van der Waals surface area contributed by atoms with Crippen LogP contribution >= 0.6 is 0 Å². The minimum atomic E-state index is -0.495. The molecule has 0 bridgehead atoms. The Morgan fingerprint density at radius 1 is 1.16 bits per heavy atom. The Bertz CT molecular complexity index is 190. The van der Waals surface area contributed by atoms with Gasteiger partial charge in [-0.05, 0) is 32.7 Å². The van der Waals surface area contributed by atoms with Crippen molar-refractivity contribution in [1.82, 2.24) is 5.32 Å². The van der Waals surface area contributed by atoms with Gasteiger partial charge in [0.1, 0.15) is 0 Å². The Hall–Kier alpha value is -0.200. The Morgan fingerprint density at radius 2 is 1.89 bits per heavy atom. The van der Waals surface area contributed by atoms with Crippen LogP contribution in [0.4, 0.5) is 0 Å². The number of aliphatic hydroxyl groups excluding tert-OH is 2. The first kappa shape index (κ1) is 18.8. The summed E-state index contributed by atoms with van der Waals surface area (Å²) in [6.45, 7) is 9.04. The van der Waals surface area contributed by atoms with Crippen LogP contribution in [-0.2, 0) is 9.47 Å². The molecule has 5 heteroatoms. The van der Waals surface area contributed by atoms with Crippen LogP contribution in [0.15, 0.2) is 0 Å². The van der Waals surface area contributed by atoms with Crippen molar-refractivity contribution in [3.05, 3.63) is 0 Å². The Labute approximate surface area is 117 Å². The van der Waals surface area contributed by atoms with Crippen LogP contribution in [0.25, 0.3) is 0 Å². The molecule has 0 saturated heterocycles. The highest BCUT2D eigenvalue weighted by Crippen LogP contribution is 2.05. The van der Waals surface area contributed by atoms with Crippen molar-refractivity contribution in [1.29, 1.82) is 0 Å². The highest BCUT2D eigenvalue weighted by Gasteiger charge is 2.08. The van der Waals surface area contributed by atoms with Gasteiger partial charge in [0.2, 0.25) is 0 Å². The second kappa shape index (κ2) is 12.8. The lowest BCUT2D eigenvalue weighted by molar-refractivity contribution is -0.0101. The van der Waals surface area contributed by atoms with E-state index in [4.69, 9.17) is 14.6 Å². The van der Waals surface area contributed by atoms with E-state index in [1.54, 1.807) is 0 Å². The van der Waals surface area contributed by atoms with Gasteiger partial charge in [-0.2, -0.15) is 0 Å². The van der Waals surface area contributed by atoms with Gasteiger partial charge >= 0.3 is 0 Å². The van der Waals surface area contributed by atoms with Crippen LogP contribution in [0.2, 0.25) is 0 Å². The molecule has 0 saturated carbocycles. The average Bonchev–Trinajstić information content (AvgIpc) is 2.37. The summed E-state index contributed by atoms with van der Waals surface area (Å²) >= 11 is 0. The second-order valence-corrected chi connectivity index (χ2v) is 5.09. The molecule has 0 amide bonds. The lowest BCUT2D eigenvalue weighted by Crippen LogP contribution is -2.34. The summed E-state index contributed by atoms with van der Waals surface area (Å²) in [6.07, 6.45) is 1.56. The average molecular weight is 277 g/mol. The molecule has 2 atom stereocenters. The van der Waals surface area contributed by atoms with E-state index < -0.39 is 6.10 Å². The van der Waals surface area contributed by atoms with Crippen LogP contribution in [-0.4, -0.2) is 61.9 Å². The predicted molar refractivity (Wildman–Crippen MR) is 76.3 cm³/mol. The lowest BCUT2D eigenvalue weighted by atomic mass is 10.0. The normalized spacial score (nSPS) is 14.8. The number of ether oxygens (including phenoxy) is 2. The molecule has 0 aliphatic heterocycles. The zero-order chi connectivity index (χ0) is 14.5. The molecular weight excluding hydrogens is 246 g/mol. The Balaban J connectivity index is 3.40. The van der Waals surface area contributed by atoms with Crippen molar-refractivity contribution in [3.63, 3.8) is 0 Å². The number of hydrogen-bond acceptors (Lipinski definition) is 5. The molecule has 0 heterocycles. The third-order valence-corrected chi connectivity index (χ3v) is 2.92. The Kier molecular flexibility index (Phi) is 12.7. The molecule has 2 unspecified atom stereocenters. The Morgan fingerprint density at radius 3 is 2.47 bits per heavy atom. The molecular formula is C14H31NO4. The summed E-state index contributed by atoms with van der Waals surface area (Å²) in [4.78, 5) is 0. The van der Waals surface area contributed by atoms with Crippen molar-refractivity contribution >= 4 is 0 Å². The van der Waals surface area contributed by atoms with E-state index in [0.717, 1.165) is 19.4 Å². The van der Waals surface area contributed by atoms with Crippen LogP contribution in [0, 0.1) is 5.92 Å². The maximum absolute atomic E-state index is 9.70. The van der Waals surface area contributed by atoms with Crippen LogP contribution < -0.4 is 5.32 Å². The van der Waals surface area contributed by atoms with Crippen molar-refractivity contribution in [3.8, 4) is 0 Å². The summed E-state index contributed by atoms with van der Waals surface area (Å²) in [7, 11) is 0. The van der Waals surface area contributed by atoms with Gasteiger partial charge in [-0.15, -0.1) is 0 Å². The molecule has 0 radical (unpaired) electrons. The summed E-state index contributed by atoms with van der Waals surface area (Å²) < 4.78 is 10.7. The van der Waals surface area contributed by atoms with Crippen LogP contribution in [0.5, 0.6) is 0 Å². The minimum Gasteiger partial charge on any atom is -0.396 e. The molecule has 0 rings (SSSR count). The third kappa shape index (κ3) is 12.6. The van der Waals surface area contributed by atoms with Crippen molar-refractivity contribution in [2.24, 2.45) is 5.92 Å². The van der Waals surface area contributed by atoms with Gasteiger partial charge in [0.05, 0.1) is 32.0 Å². The van der Waals surface area contributed by atoms with Crippen molar-refractivity contribution < 1.29 is 19.7 Å². The first-order valence-electron chi connectivity index (χ1n) is 7.29. The molecule has 3 N–H and O–H groups in total. The van der Waals surface area contributed by atoms with Crippen molar-refractivity contribution in [2.45, 2.75) is 45.8 Å². The topological polar surface area (TPSA) is 71.0 Å². The highest BCUT2D eigenvalue weighted by atomic mass is 16.5. The summed E-state index contributed by atoms with van der Waals surface area (Å²) in [6, 6.07) is 0. The maximum Gasteiger partial charge on any atom is 0.0897 e. The van der Waals surface area contributed by atoms with Gasteiger partial charge in [0, 0.05) is 13.2 Å². The zero-order valence-electron chi connectivity index (χ0n) is 12.6. The van der Waals surface area contributed by atoms with Gasteiger partial charge in [0.25, 0.3) is 0 Å². The second-order valence-electron chi connectivity index (χ2n) is 5.09. The molecule has 5 nitrogen and oxygen atoms in total. The summed E-state index contributed by atoms with van der Waals surface area (Å²) in [5.74, 6) is 0.470. The van der Waals surface area contributed by atoms with E-state index in [2.05, 4.69) is 12.2 Å². The van der Waals surface area contributed by atoms with Gasteiger partial charge < -0.3 is 25.0 Å². The first-order valence-corrected chi connectivity index (χ1v) is 7.29. The smallest absolute Gasteiger partial charge is 0.0897 e. The standard InChI is InChI=1S/C14H31NO4/c1-4-13(5-6-16)9-15-10-14(17)11-18-7-8-19-12(2)3/h12-17H,4-11H2,1-3H3. The van der Waals surface area contributed by atoms with Gasteiger partial charge in [-0.1, -0.05) is 13.3 Å². The maximum atomic E-state index is 9.70. The quantitative estimate of drug-likeness (QED) is 0.434. The fourth-order valence-corrected chi connectivity index (χ4v) is 1.71. The van der Waals surface area contributed by atoms with E-state index in [0.29, 0.717) is 32.3 Å². The SMILES string of the molecule is CCC(CCO)CNCC(O)COCCOC(C)C. The van der Waals surface area contributed by atoms with Gasteiger partial charge in [-0.25, -0.2) is 0 Å². The van der Waals surface area contributed by atoms with Crippen LogP contribution in [0.3, 0.4) is 0 Å². The van der Waals surface area contributed by atoms with Crippen molar-refractivity contribution in [2.75, 3.05) is 39.5 Å². The van der Waals surface area contributed by atoms with Gasteiger partial charge in [0.15, 0.2) is 0 Å². The minimum absolute atomic E-state index is 0.215. The summed E-state index contributed by atoms with van der Waals surface area (Å²) in [5, 5.41) is 21.8. The first-order chi connectivity index (χ1) is 9.10. The lowest BCUT2D eigenvalue weighted by Gasteiger charge is -2.17. The van der Waals surface area contributed by atoms with E-state index in [1.165, 1.54) is 0 Å². The zero-order valence-corrected chi connectivity index (χ0v) is 12.6. The fraction of sp³-hybridized carbons (Fsp3) is 1.00. The molecule has 0 spiro atoms. The van der Waals surface area contributed by atoms with E-state index >= 15 is 0 Å². The number of hydrogen-bond donors (Lipinski definition) is 3. The molecule has 116 valence electrons. The molecule has 0 aliphatic carbocycles. The molecule has 0 aliphatic rings. The number of nitrogens with one attached hydrogen (secondary N) is 1. The molecule has 19 heavy (non-hydrogen) atoms. The number of rotatable bonds is 13. The molecule has 0 aromatic carbocycles. The monoisotopic (exact) mass is 277 g/mol.